The van der Waals surface area contributed by atoms with Crippen LogP contribution in [0.5, 0.6) is 0 Å². The van der Waals surface area contributed by atoms with E-state index in [1.807, 2.05) is 0 Å². The molecule has 0 aliphatic heterocycles. The van der Waals surface area contributed by atoms with Crippen LogP contribution in [0.4, 0.5) is 27.8 Å². The van der Waals surface area contributed by atoms with Crippen molar-refractivity contribution in [3.8, 4) is 0 Å². The molecule has 0 unspecified atom stereocenters. The molecule has 0 radical (unpaired) electrons. The van der Waals surface area contributed by atoms with Gasteiger partial charge in [-0.1, -0.05) is 6.07 Å². The highest BCUT2D eigenvalue weighted by molar-refractivity contribution is 5.98. The second-order valence-electron chi connectivity index (χ2n) is 7.29. The summed E-state index contributed by atoms with van der Waals surface area (Å²) in [5.74, 6) is -2.65. The summed E-state index contributed by atoms with van der Waals surface area (Å²) in [5, 5.41) is 0. The molecule has 2 aromatic heterocycles. The first-order valence-corrected chi connectivity index (χ1v) is 9.33. The van der Waals surface area contributed by atoms with Gasteiger partial charge in [-0.15, -0.1) is 0 Å². The highest BCUT2D eigenvalue weighted by Crippen LogP contribution is 2.33. The van der Waals surface area contributed by atoms with Crippen molar-refractivity contribution in [2.24, 2.45) is 0 Å². The summed E-state index contributed by atoms with van der Waals surface area (Å²) < 4.78 is 69.1. The third kappa shape index (κ3) is 3.49. The fourth-order valence-corrected chi connectivity index (χ4v) is 3.48. The van der Waals surface area contributed by atoms with Gasteiger partial charge in [0.2, 0.25) is 0 Å². The van der Waals surface area contributed by atoms with Crippen LogP contribution < -0.4 is 5.73 Å². The van der Waals surface area contributed by atoms with Crippen molar-refractivity contribution < 1.29 is 26.7 Å². The van der Waals surface area contributed by atoms with Gasteiger partial charge in [0.05, 0.1) is 40.7 Å². The molecule has 0 bridgehead atoms. The van der Waals surface area contributed by atoms with Gasteiger partial charge >= 0.3 is 6.18 Å². The molecule has 0 aliphatic rings. The highest BCUT2D eigenvalue weighted by Gasteiger charge is 2.32. The van der Waals surface area contributed by atoms with E-state index < -0.39 is 35.3 Å². The first-order chi connectivity index (χ1) is 15.0. The van der Waals surface area contributed by atoms with E-state index in [0.29, 0.717) is 17.1 Å². The van der Waals surface area contributed by atoms with Crippen LogP contribution >= 0.6 is 0 Å². The Morgan fingerprint density at radius 2 is 1.84 bits per heavy atom. The van der Waals surface area contributed by atoms with Gasteiger partial charge in [-0.2, -0.15) is 13.2 Å². The van der Waals surface area contributed by atoms with Gasteiger partial charge in [0.1, 0.15) is 23.0 Å². The molecular weight excluding hydrogens is 433 g/mol. The summed E-state index contributed by atoms with van der Waals surface area (Å²) in [6.45, 7) is 1.43. The van der Waals surface area contributed by atoms with Gasteiger partial charge in [-0.25, -0.2) is 18.7 Å². The smallest absolute Gasteiger partial charge is 0.382 e. The van der Waals surface area contributed by atoms with Gasteiger partial charge in [0, 0.05) is 18.7 Å². The van der Waals surface area contributed by atoms with Crippen molar-refractivity contribution in [2.75, 3.05) is 12.8 Å². The van der Waals surface area contributed by atoms with Crippen LogP contribution in [0.3, 0.4) is 0 Å². The maximum Gasteiger partial charge on any atom is 0.416 e. The van der Waals surface area contributed by atoms with Crippen molar-refractivity contribution in [2.45, 2.75) is 19.1 Å². The van der Waals surface area contributed by atoms with Gasteiger partial charge in [0.15, 0.2) is 0 Å². The largest absolute Gasteiger partial charge is 0.416 e. The topological polar surface area (TPSA) is 76.5 Å². The fourth-order valence-electron chi connectivity index (χ4n) is 3.48. The quantitative estimate of drug-likeness (QED) is 0.464. The summed E-state index contributed by atoms with van der Waals surface area (Å²) >= 11 is 0. The van der Waals surface area contributed by atoms with Gasteiger partial charge in [0.25, 0.3) is 5.91 Å². The van der Waals surface area contributed by atoms with E-state index in [-0.39, 0.29) is 22.5 Å². The lowest BCUT2D eigenvalue weighted by Gasteiger charge is -2.26. The number of nitrogen functional groups attached to an aromatic ring is 1. The van der Waals surface area contributed by atoms with Crippen LogP contribution in [0.25, 0.3) is 16.6 Å². The Labute approximate surface area is 178 Å². The van der Waals surface area contributed by atoms with E-state index in [9.17, 15) is 26.7 Å². The Morgan fingerprint density at radius 1 is 1.12 bits per heavy atom. The standard InChI is InChI=1S/C21H16F5N5O/c1-10(12-4-3-11(5-14(12)22)21(24,25)26)30(2)20(32)13-6-17-16(7-15(13)23)29-19(27)18-8-28-9-31(17)18/h3-10H,1-2H3,(H2,27,29)/t10-/m1/s1. The lowest BCUT2D eigenvalue weighted by atomic mass is 10.0. The molecule has 4 aromatic rings. The molecule has 0 saturated heterocycles. The van der Waals surface area contributed by atoms with Crippen LogP contribution in [0, 0.1) is 11.6 Å². The number of benzene rings is 2. The number of hydrogen-bond donors (Lipinski definition) is 1. The lowest BCUT2D eigenvalue weighted by molar-refractivity contribution is -0.137. The van der Waals surface area contributed by atoms with Crippen LogP contribution in [0.1, 0.15) is 34.5 Å². The summed E-state index contributed by atoms with van der Waals surface area (Å²) in [6.07, 6.45) is -1.80. The van der Waals surface area contributed by atoms with E-state index in [2.05, 4.69) is 9.97 Å². The molecule has 0 saturated carbocycles. The van der Waals surface area contributed by atoms with Gasteiger partial charge in [-0.05, 0) is 25.1 Å². The molecule has 1 atom stereocenters. The highest BCUT2D eigenvalue weighted by atomic mass is 19.4. The fraction of sp³-hybridized carbons (Fsp3) is 0.190. The number of rotatable bonds is 3. The van der Waals surface area contributed by atoms with E-state index in [0.717, 1.165) is 23.1 Å². The first kappa shape index (κ1) is 21.5. The Kier molecular flexibility index (Phi) is 4.99. The van der Waals surface area contributed by atoms with Crippen LogP contribution in [0.2, 0.25) is 0 Å². The molecule has 32 heavy (non-hydrogen) atoms. The Morgan fingerprint density at radius 3 is 2.50 bits per heavy atom. The van der Waals surface area contributed by atoms with Gasteiger partial charge < -0.3 is 10.6 Å². The molecule has 0 spiro atoms. The zero-order chi connectivity index (χ0) is 23.4. The number of halogens is 5. The predicted molar refractivity (Wildman–Crippen MR) is 107 cm³/mol. The number of fused-ring (bicyclic) bond motifs is 3. The van der Waals surface area contributed by atoms with E-state index in [4.69, 9.17) is 5.73 Å². The predicted octanol–water partition coefficient (Wildman–Crippen LogP) is 4.59. The molecular formula is C21H16F5N5O. The normalized spacial score (nSPS) is 13.0. The minimum absolute atomic E-state index is 0.136. The molecule has 11 heteroatoms. The number of hydrogen-bond acceptors (Lipinski definition) is 4. The third-order valence-corrected chi connectivity index (χ3v) is 5.38. The van der Waals surface area contributed by atoms with E-state index in [1.54, 1.807) is 4.40 Å². The van der Waals surface area contributed by atoms with Crippen molar-refractivity contribution in [1.82, 2.24) is 19.3 Å². The number of nitrogens with two attached hydrogens (primary N) is 1. The third-order valence-electron chi connectivity index (χ3n) is 5.38. The van der Waals surface area contributed by atoms with Crippen LogP contribution in [0.15, 0.2) is 42.9 Å². The van der Waals surface area contributed by atoms with Crippen molar-refractivity contribution >= 4 is 28.3 Å². The van der Waals surface area contributed by atoms with E-state index >= 15 is 0 Å². The second-order valence-corrected chi connectivity index (χ2v) is 7.29. The molecule has 2 heterocycles. The Bertz CT molecular complexity index is 1360. The maximum atomic E-state index is 14.8. The average Bonchev–Trinajstić information content (AvgIpc) is 3.22. The number of carbonyl (C=O) groups is 1. The first-order valence-electron chi connectivity index (χ1n) is 9.33. The second kappa shape index (κ2) is 7.43. The number of anilines is 1. The average molecular weight is 449 g/mol. The van der Waals surface area contributed by atoms with Crippen molar-refractivity contribution in [1.29, 1.82) is 0 Å². The molecule has 6 nitrogen and oxygen atoms in total. The summed E-state index contributed by atoms with van der Waals surface area (Å²) in [4.78, 5) is 22.2. The van der Waals surface area contributed by atoms with Crippen molar-refractivity contribution in [3.05, 3.63) is 71.2 Å². The molecule has 2 N–H and O–H groups in total. The summed E-state index contributed by atoms with van der Waals surface area (Å²) in [5.41, 5.74) is 5.29. The van der Waals surface area contributed by atoms with Crippen molar-refractivity contribution in [3.63, 3.8) is 0 Å². The number of imidazole rings is 1. The molecule has 2 aromatic carbocycles. The molecule has 166 valence electrons. The Balaban J connectivity index is 1.72. The zero-order valence-electron chi connectivity index (χ0n) is 16.8. The number of nitrogens with zero attached hydrogens (tertiary/aromatic N) is 4. The van der Waals surface area contributed by atoms with E-state index in [1.165, 1.54) is 32.6 Å². The molecule has 0 aliphatic carbocycles. The minimum Gasteiger partial charge on any atom is -0.382 e. The number of carbonyl (C=O) groups excluding carboxylic acids is 1. The summed E-state index contributed by atoms with van der Waals surface area (Å²) in [7, 11) is 1.31. The van der Waals surface area contributed by atoms with Crippen LogP contribution in [-0.2, 0) is 6.18 Å². The summed E-state index contributed by atoms with van der Waals surface area (Å²) in [6, 6.07) is 3.42. The molecule has 0 fully saturated rings. The minimum atomic E-state index is -4.70. The lowest BCUT2D eigenvalue weighted by Crippen LogP contribution is -2.31. The maximum absolute atomic E-state index is 14.8. The number of amides is 1. The monoisotopic (exact) mass is 449 g/mol. The molecule has 1 amide bonds. The van der Waals surface area contributed by atoms with Crippen LogP contribution in [-0.4, -0.2) is 32.2 Å². The zero-order valence-corrected chi connectivity index (χ0v) is 16.8. The Hall–Kier alpha value is -3.76. The number of aromatic nitrogens is 3. The van der Waals surface area contributed by atoms with Gasteiger partial charge in [-0.3, -0.25) is 9.20 Å². The SMILES string of the molecule is C[C@H](c1ccc(C(F)(F)F)cc1F)N(C)C(=O)c1cc2c(cc1F)nc(N)c1cncn12. The number of alkyl halides is 3. The molecule has 4 rings (SSSR count).